The van der Waals surface area contributed by atoms with E-state index in [1.807, 2.05) is 26.0 Å². The Morgan fingerprint density at radius 1 is 1.09 bits per heavy atom. The Morgan fingerprint density at radius 2 is 1.85 bits per heavy atom. The Labute approximate surface area is 214 Å². The summed E-state index contributed by atoms with van der Waals surface area (Å²) in [5.41, 5.74) is 1.04. The molecule has 0 aliphatic carbocycles. The molecule has 0 amide bonds. The zero-order valence-corrected chi connectivity index (χ0v) is 22.3. The predicted molar refractivity (Wildman–Crippen MR) is 138 cm³/mol. The van der Waals surface area contributed by atoms with E-state index in [2.05, 4.69) is 41.9 Å². The van der Waals surface area contributed by atoms with Gasteiger partial charge in [-0.1, -0.05) is 22.9 Å². The van der Waals surface area contributed by atoms with Crippen LogP contribution in [0.15, 0.2) is 49.2 Å². The van der Waals surface area contributed by atoms with E-state index >= 15 is 0 Å². The quantitative estimate of drug-likeness (QED) is 0.240. The summed E-state index contributed by atoms with van der Waals surface area (Å²) in [7, 11) is 0. The van der Waals surface area contributed by atoms with Crippen molar-refractivity contribution in [3.63, 3.8) is 0 Å². The zero-order chi connectivity index (χ0) is 24.7. The maximum Gasteiger partial charge on any atom is 0.344 e. The van der Waals surface area contributed by atoms with Crippen LogP contribution in [0.5, 0.6) is 11.5 Å². The molecule has 0 radical (unpaired) electrons. The third-order valence-electron chi connectivity index (χ3n) is 4.68. The number of hydrogen-bond acceptors (Lipinski definition) is 7. The Bertz CT molecular complexity index is 1270. The lowest BCUT2D eigenvalue weighted by Crippen LogP contribution is -2.22. The molecule has 1 heterocycles. The van der Waals surface area contributed by atoms with Crippen molar-refractivity contribution in [1.29, 1.82) is 0 Å². The van der Waals surface area contributed by atoms with Crippen molar-refractivity contribution in [1.82, 2.24) is 9.66 Å². The Balaban J connectivity index is 2.00. The molecule has 0 saturated carbocycles. The van der Waals surface area contributed by atoms with Gasteiger partial charge >= 0.3 is 5.97 Å². The third kappa shape index (κ3) is 6.24. The van der Waals surface area contributed by atoms with Crippen LogP contribution < -0.4 is 15.0 Å². The van der Waals surface area contributed by atoms with Crippen LogP contribution in [0.25, 0.3) is 10.9 Å². The van der Waals surface area contributed by atoms with Crippen molar-refractivity contribution in [2.75, 3.05) is 19.8 Å². The fourth-order valence-corrected chi connectivity index (χ4v) is 3.98. The van der Waals surface area contributed by atoms with Gasteiger partial charge in [0, 0.05) is 20.9 Å². The van der Waals surface area contributed by atoms with E-state index in [1.165, 1.54) is 4.68 Å². The lowest BCUT2D eigenvalue weighted by molar-refractivity contribution is -0.145. The molecule has 0 spiro atoms. The summed E-state index contributed by atoms with van der Waals surface area (Å²) in [6.45, 7) is 6.04. The van der Waals surface area contributed by atoms with Gasteiger partial charge < -0.3 is 14.2 Å². The fraction of sp³-hybridized carbons (Fsp3) is 0.333. The highest BCUT2D eigenvalue weighted by Crippen LogP contribution is 2.33. The summed E-state index contributed by atoms with van der Waals surface area (Å²) in [6, 6.07) is 8.83. The number of aromatic nitrogens is 2. The molecule has 0 N–H and O–H groups in total. The molecule has 0 aliphatic rings. The number of hydrogen-bond donors (Lipinski definition) is 0. The molecule has 0 unspecified atom stereocenters. The van der Waals surface area contributed by atoms with Crippen LogP contribution in [-0.2, 0) is 16.0 Å². The van der Waals surface area contributed by atoms with Crippen molar-refractivity contribution in [3.8, 4) is 11.5 Å². The number of aryl methyl sites for hydroxylation is 1. The number of halogens is 2. The van der Waals surface area contributed by atoms with Gasteiger partial charge in [0.05, 0.1) is 30.3 Å². The topological polar surface area (TPSA) is 92.0 Å². The molecule has 0 aliphatic heterocycles. The number of rotatable bonds is 10. The predicted octanol–water partition coefficient (Wildman–Crippen LogP) is 5.10. The first-order valence-corrected chi connectivity index (χ1v) is 12.5. The summed E-state index contributed by atoms with van der Waals surface area (Å²) < 4.78 is 19.0. The second kappa shape index (κ2) is 12.1. The van der Waals surface area contributed by atoms with Crippen LogP contribution in [0.1, 0.15) is 38.6 Å². The maximum atomic E-state index is 13.2. The van der Waals surface area contributed by atoms with Gasteiger partial charge in [-0.25, -0.2) is 9.78 Å². The summed E-state index contributed by atoms with van der Waals surface area (Å²) >= 11 is 6.92. The molecular weight excluding hydrogens is 570 g/mol. The van der Waals surface area contributed by atoms with Crippen LogP contribution in [0.3, 0.4) is 0 Å². The minimum Gasteiger partial charge on any atom is -0.490 e. The number of esters is 1. The van der Waals surface area contributed by atoms with Gasteiger partial charge in [-0.15, -0.1) is 0 Å². The molecule has 1 aromatic heterocycles. The number of ether oxygens (including phenoxy) is 3. The lowest BCUT2D eigenvalue weighted by Gasteiger charge is -2.13. The van der Waals surface area contributed by atoms with E-state index in [-0.39, 0.29) is 18.8 Å². The summed E-state index contributed by atoms with van der Waals surface area (Å²) in [6.07, 6.45) is 2.98. The minimum atomic E-state index is -0.468. The van der Waals surface area contributed by atoms with Crippen LogP contribution in [-0.4, -0.2) is 41.7 Å². The highest BCUT2D eigenvalue weighted by atomic mass is 79.9. The van der Waals surface area contributed by atoms with E-state index in [4.69, 9.17) is 14.2 Å². The van der Waals surface area contributed by atoms with E-state index in [0.29, 0.717) is 51.3 Å². The van der Waals surface area contributed by atoms with E-state index in [1.54, 1.807) is 31.3 Å². The largest absolute Gasteiger partial charge is 0.490 e. The minimum absolute atomic E-state index is 0.234. The average molecular weight is 595 g/mol. The summed E-state index contributed by atoms with van der Waals surface area (Å²) in [5.74, 6) is 0.942. The molecule has 10 heteroatoms. The zero-order valence-electron chi connectivity index (χ0n) is 19.1. The van der Waals surface area contributed by atoms with Gasteiger partial charge in [-0.2, -0.15) is 9.78 Å². The third-order valence-corrected chi connectivity index (χ3v) is 5.86. The molecule has 34 heavy (non-hydrogen) atoms. The van der Waals surface area contributed by atoms with E-state index in [0.717, 1.165) is 10.9 Å². The summed E-state index contributed by atoms with van der Waals surface area (Å²) in [4.78, 5) is 29.5. The average Bonchev–Trinajstić information content (AvgIpc) is 2.80. The van der Waals surface area contributed by atoms with Crippen molar-refractivity contribution in [3.05, 3.63) is 61.0 Å². The molecule has 8 nitrogen and oxygen atoms in total. The molecule has 180 valence electrons. The van der Waals surface area contributed by atoms with Crippen LogP contribution >= 0.6 is 31.9 Å². The first kappa shape index (κ1) is 25.9. The van der Waals surface area contributed by atoms with Crippen molar-refractivity contribution >= 4 is 54.9 Å². The van der Waals surface area contributed by atoms with Gasteiger partial charge in [0.2, 0.25) is 0 Å². The molecule has 0 bridgehead atoms. The van der Waals surface area contributed by atoms with E-state index in [9.17, 15) is 9.59 Å². The lowest BCUT2D eigenvalue weighted by atomic mass is 10.2. The van der Waals surface area contributed by atoms with Gasteiger partial charge in [0.25, 0.3) is 5.56 Å². The van der Waals surface area contributed by atoms with E-state index < -0.39 is 5.97 Å². The van der Waals surface area contributed by atoms with Crippen LogP contribution in [0, 0.1) is 0 Å². The van der Waals surface area contributed by atoms with Crippen LogP contribution in [0.4, 0.5) is 0 Å². The summed E-state index contributed by atoms with van der Waals surface area (Å²) in [5, 5.41) is 4.94. The molecule has 3 rings (SSSR count). The van der Waals surface area contributed by atoms with Crippen molar-refractivity contribution < 1.29 is 19.0 Å². The number of carbonyl (C=O) groups is 1. The molecule has 2 aromatic carbocycles. The smallest absolute Gasteiger partial charge is 0.344 e. The normalized spacial score (nSPS) is 11.2. The number of fused-ring (bicyclic) bond motifs is 1. The molecule has 0 saturated heterocycles. The van der Waals surface area contributed by atoms with Gasteiger partial charge in [0.15, 0.2) is 18.1 Å². The Morgan fingerprint density at radius 3 is 2.56 bits per heavy atom. The van der Waals surface area contributed by atoms with Crippen molar-refractivity contribution in [2.24, 2.45) is 5.10 Å². The van der Waals surface area contributed by atoms with Crippen molar-refractivity contribution in [2.45, 2.75) is 33.6 Å². The van der Waals surface area contributed by atoms with Gasteiger partial charge in [-0.3, -0.25) is 4.79 Å². The SMILES string of the molecule is CCCc1nc2ccc(Br)cc2c(=O)n1N=Cc1cc(OCC)c(OCC(=O)OCC)cc1Br. The highest BCUT2D eigenvalue weighted by molar-refractivity contribution is 9.10. The number of benzene rings is 2. The maximum absolute atomic E-state index is 13.2. The van der Waals surface area contributed by atoms with Gasteiger partial charge in [0.1, 0.15) is 5.82 Å². The van der Waals surface area contributed by atoms with Crippen LogP contribution in [0.2, 0.25) is 0 Å². The Hall–Kier alpha value is -2.72. The second-order valence-corrected chi connectivity index (χ2v) is 8.92. The monoisotopic (exact) mass is 593 g/mol. The first-order chi connectivity index (χ1) is 16.4. The number of carbonyl (C=O) groups excluding carboxylic acids is 1. The van der Waals surface area contributed by atoms with Gasteiger partial charge in [-0.05, 0) is 66.5 Å². The Kier molecular flexibility index (Phi) is 9.23. The molecule has 0 fully saturated rings. The molecular formula is C24H25Br2N3O5. The molecule has 3 aromatic rings. The second-order valence-electron chi connectivity index (χ2n) is 7.15. The fourth-order valence-electron chi connectivity index (χ4n) is 3.19. The first-order valence-electron chi connectivity index (χ1n) is 10.9. The number of nitrogens with zero attached hydrogens (tertiary/aromatic N) is 3. The standard InChI is InChI=1S/C24H25Br2N3O5/c1-4-7-22-28-19-9-8-16(25)11-17(19)24(31)29(22)27-13-15-10-20(32-5-2)21(12-18(15)26)34-14-23(30)33-6-3/h8-13H,4-7,14H2,1-3H3. The molecule has 0 atom stereocenters. The highest BCUT2D eigenvalue weighted by Gasteiger charge is 2.14.